The molecule has 0 saturated carbocycles. The second-order valence-electron chi connectivity index (χ2n) is 5.98. The first-order chi connectivity index (χ1) is 12.2. The molecule has 0 atom stereocenters. The normalized spacial score (nSPS) is 10.6. The first-order valence-electron chi connectivity index (χ1n) is 8.58. The fraction of sp³-hybridized carbons (Fsp3) is 0.238. The Morgan fingerprint density at radius 1 is 1.08 bits per heavy atom. The van der Waals surface area contributed by atoms with E-state index in [4.69, 9.17) is 4.74 Å². The number of hydrogen-bond donors (Lipinski definition) is 1. The lowest BCUT2D eigenvalue weighted by Crippen LogP contribution is -2.14. The number of unbranched alkanes of at least 4 members (excludes halogenated alkanes) is 1. The van der Waals surface area contributed by atoms with E-state index in [0.717, 1.165) is 29.4 Å². The zero-order valence-corrected chi connectivity index (χ0v) is 14.6. The number of ether oxygens (including phenoxy) is 1. The van der Waals surface area contributed by atoms with Crippen molar-refractivity contribution >= 4 is 22.5 Å². The van der Waals surface area contributed by atoms with Crippen molar-refractivity contribution in [3.05, 3.63) is 65.9 Å². The number of anilines is 1. The van der Waals surface area contributed by atoms with E-state index in [2.05, 4.69) is 17.2 Å². The number of nitrogens with zero attached hydrogens (tertiary/aromatic N) is 1. The van der Waals surface area contributed by atoms with Gasteiger partial charge < -0.3 is 10.1 Å². The summed E-state index contributed by atoms with van der Waals surface area (Å²) in [5, 5.41) is 3.97. The van der Waals surface area contributed by atoms with E-state index in [0.29, 0.717) is 23.6 Å². The summed E-state index contributed by atoms with van der Waals surface area (Å²) >= 11 is 0. The molecule has 0 unspecified atom stereocenters. The van der Waals surface area contributed by atoms with Crippen LogP contribution in [0.3, 0.4) is 0 Å². The Morgan fingerprint density at radius 2 is 1.92 bits per heavy atom. The summed E-state index contributed by atoms with van der Waals surface area (Å²) in [6, 6.07) is 17.1. The smallest absolute Gasteiger partial charge is 0.259 e. The zero-order chi connectivity index (χ0) is 17.6. The van der Waals surface area contributed by atoms with Gasteiger partial charge in [0.1, 0.15) is 5.75 Å². The van der Waals surface area contributed by atoms with Crippen molar-refractivity contribution in [2.45, 2.75) is 26.7 Å². The lowest BCUT2D eigenvalue weighted by Gasteiger charge is -2.12. The molecule has 1 N–H and O–H groups in total. The molecule has 1 heterocycles. The van der Waals surface area contributed by atoms with Crippen LogP contribution in [0.25, 0.3) is 10.9 Å². The summed E-state index contributed by atoms with van der Waals surface area (Å²) in [6.07, 6.45) is 2.01. The van der Waals surface area contributed by atoms with Gasteiger partial charge in [-0.25, -0.2) is 0 Å². The van der Waals surface area contributed by atoms with E-state index in [9.17, 15) is 4.79 Å². The van der Waals surface area contributed by atoms with Crippen LogP contribution < -0.4 is 10.1 Å². The molecule has 0 fully saturated rings. The fourth-order valence-electron chi connectivity index (χ4n) is 2.64. The highest BCUT2D eigenvalue weighted by atomic mass is 16.5. The van der Waals surface area contributed by atoms with Crippen LogP contribution in [0, 0.1) is 6.92 Å². The van der Waals surface area contributed by atoms with Crippen LogP contribution in [-0.2, 0) is 0 Å². The first kappa shape index (κ1) is 17.0. The SMILES string of the molecule is CCCCOc1ccccc1C(=O)Nc1cccc2ccc(C)nc12. The number of aryl methyl sites for hydroxylation is 1. The van der Waals surface area contributed by atoms with Gasteiger partial charge in [-0.3, -0.25) is 9.78 Å². The van der Waals surface area contributed by atoms with E-state index in [1.54, 1.807) is 6.07 Å². The molecule has 128 valence electrons. The maximum absolute atomic E-state index is 12.8. The molecule has 0 aliphatic rings. The molecule has 4 heteroatoms. The number of pyridine rings is 1. The number of aromatic nitrogens is 1. The Hall–Kier alpha value is -2.88. The third kappa shape index (κ3) is 3.97. The molecule has 0 bridgehead atoms. The topological polar surface area (TPSA) is 51.2 Å². The molecule has 0 aliphatic heterocycles. The fourth-order valence-corrected chi connectivity index (χ4v) is 2.64. The molecule has 4 nitrogen and oxygen atoms in total. The molecule has 0 spiro atoms. The highest BCUT2D eigenvalue weighted by molar-refractivity contribution is 6.09. The summed E-state index contributed by atoms with van der Waals surface area (Å²) in [5.74, 6) is 0.417. The van der Waals surface area contributed by atoms with Crippen molar-refractivity contribution in [1.29, 1.82) is 0 Å². The van der Waals surface area contributed by atoms with Gasteiger partial charge in [0.25, 0.3) is 5.91 Å². The largest absolute Gasteiger partial charge is 0.493 e. The zero-order valence-electron chi connectivity index (χ0n) is 14.6. The van der Waals surface area contributed by atoms with E-state index in [1.807, 2.05) is 55.5 Å². The molecule has 3 rings (SSSR count). The maximum Gasteiger partial charge on any atom is 0.259 e. The molecule has 1 aromatic heterocycles. The van der Waals surface area contributed by atoms with Crippen LogP contribution in [-0.4, -0.2) is 17.5 Å². The number of fused-ring (bicyclic) bond motifs is 1. The van der Waals surface area contributed by atoms with E-state index < -0.39 is 0 Å². The van der Waals surface area contributed by atoms with Gasteiger partial charge in [-0.05, 0) is 37.6 Å². The molecule has 3 aromatic rings. The van der Waals surface area contributed by atoms with Crippen LogP contribution in [0.1, 0.15) is 35.8 Å². The lowest BCUT2D eigenvalue weighted by molar-refractivity contribution is 0.102. The van der Waals surface area contributed by atoms with Crippen LogP contribution in [0.4, 0.5) is 5.69 Å². The number of carbonyl (C=O) groups excluding carboxylic acids is 1. The van der Waals surface area contributed by atoms with E-state index in [-0.39, 0.29) is 5.91 Å². The van der Waals surface area contributed by atoms with Gasteiger partial charge in [0.05, 0.1) is 23.4 Å². The monoisotopic (exact) mass is 334 g/mol. The van der Waals surface area contributed by atoms with Crippen molar-refractivity contribution < 1.29 is 9.53 Å². The molecule has 0 aliphatic carbocycles. The molecular formula is C21H22N2O2. The van der Waals surface area contributed by atoms with Crippen molar-refractivity contribution in [2.75, 3.05) is 11.9 Å². The molecule has 0 radical (unpaired) electrons. The number of benzene rings is 2. The van der Waals surface area contributed by atoms with Crippen LogP contribution >= 0.6 is 0 Å². The van der Waals surface area contributed by atoms with Crippen LogP contribution in [0.2, 0.25) is 0 Å². The number of amides is 1. The molecule has 1 amide bonds. The predicted octanol–water partition coefficient (Wildman–Crippen LogP) is 4.97. The van der Waals surface area contributed by atoms with Crippen LogP contribution in [0.15, 0.2) is 54.6 Å². The Morgan fingerprint density at radius 3 is 2.76 bits per heavy atom. The second kappa shape index (κ2) is 7.79. The van der Waals surface area contributed by atoms with Gasteiger partial charge in [-0.15, -0.1) is 0 Å². The summed E-state index contributed by atoms with van der Waals surface area (Å²) in [7, 11) is 0. The molecule has 0 saturated heterocycles. The Labute approximate surface area is 147 Å². The van der Waals surface area contributed by atoms with Crippen molar-refractivity contribution in [3.8, 4) is 5.75 Å². The summed E-state index contributed by atoms with van der Waals surface area (Å²) in [4.78, 5) is 17.3. The Bertz CT molecular complexity index is 890. The third-order valence-corrected chi connectivity index (χ3v) is 3.99. The van der Waals surface area contributed by atoms with Crippen molar-refractivity contribution in [2.24, 2.45) is 0 Å². The second-order valence-corrected chi connectivity index (χ2v) is 5.98. The Kier molecular flexibility index (Phi) is 5.29. The lowest BCUT2D eigenvalue weighted by atomic mass is 10.1. The summed E-state index contributed by atoms with van der Waals surface area (Å²) < 4.78 is 5.77. The van der Waals surface area contributed by atoms with Crippen molar-refractivity contribution in [3.63, 3.8) is 0 Å². The van der Waals surface area contributed by atoms with Crippen LogP contribution in [0.5, 0.6) is 5.75 Å². The van der Waals surface area contributed by atoms with Gasteiger partial charge in [-0.1, -0.05) is 43.7 Å². The highest BCUT2D eigenvalue weighted by Gasteiger charge is 2.14. The van der Waals surface area contributed by atoms with Gasteiger partial charge in [0, 0.05) is 11.1 Å². The minimum absolute atomic E-state index is 0.192. The minimum atomic E-state index is -0.192. The minimum Gasteiger partial charge on any atom is -0.493 e. The van der Waals surface area contributed by atoms with Gasteiger partial charge in [-0.2, -0.15) is 0 Å². The number of hydrogen-bond acceptors (Lipinski definition) is 3. The standard InChI is InChI=1S/C21H22N2O2/c1-3-4-14-25-19-11-6-5-9-17(19)21(24)23-18-10-7-8-16-13-12-15(2)22-20(16)18/h5-13H,3-4,14H2,1-2H3,(H,23,24). The molecular weight excluding hydrogens is 312 g/mol. The van der Waals surface area contributed by atoms with Gasteiger partial charge in [0.2, 0.25) is 0 Å². The first-order valence-corrected chi connectivity index (χ1v) is 8.58. The number of carbonyl (C=O) groups is 1. The Balaban J connectivity index is 1.87. The van der Waals surface area contributed by atoms with E-state index in [1.165, 1.54) is 0 Å². The quantitative estimate of drug-likeness (QED) is 0.647. The summed E-state index contributed by atoms with van der Waals surface area (Å²) in [5.41, 5.74) is 2.94. The number of para-hydroxylation sites is 2. The van der Waals surface area contributed by atoms with Gasteiger partial charge >= 0.3 is 0 Å². The molecule has 2 aromatic carbocycles. The summed E-state index contributed by atoms with van der Waals surface area (Å²) in [6.45, 7) is 4.65. The average molecular weight is 334 g/mol. The average Bonchev–Trinajstić information content (AvgIpc) is 2.63. The third-order valence-electron chi connectivity index (χ3n) is 3.99. The number of nitrogens with one attached hydrogen (secondary N) is 1. The highest BCUT2D eigenvalue weighted by Crippen LogP contribution is 2.24. The maximum atomic E-state index is 12.8. The van der Waals surface area contributed by atoms with E-state index >= 15 is 0 Å². The number of rotatable bonds is 6. The predicted molar refractivity (Wildman–Crippen MR) is 101 cm³/mol. The van der Waals surface area contributed by atoms with Crippen molar-refractivity contribution in [1.82, 2.24) is 4.98 Å². The van der Waals surface area contributed by atoms with Gasteiger partial charge in [0.15, 0.2) is 0 Å². The molecule has 25 heavy (non-hydrogen) atoms.